The summed E-state index contributed by atoms with van der Waals surface area (Å²) in [6.45, 7) is 2.94. The zero-order valence-corrected chi connectivity index (χ0v) is 9.37. The highest BCUT2D eigenvalue weighted by Gasteiger charge is 2.03. The number of fused-ring (bicyclic) bond motifs is 1. The average Bonchev–Trinajstić information content (AvgIpc) is 2.20. The van der Waals surface area contributed by atoms with Crippen LogP contribution >= 0.6 is 15.9 Å². The largest absolute Gasteiger partial charge is 0.383 e. The van der Waals surface area contributed by atoms with Crippen molar-refractivity contribution in [2.24, 2.45) is 0 Å². The first-order valence-electron chi connectivity index (χ1n) is 4.46. The Labute approximate surface area is 90.7 Å². The molecule has 0 aliphatic carbocycles. The van der Waals surface area contributed by atoms with E-state index in [9.17, 15) is 0 Å². The number of halogens is 1. The third-order valence-electron chi connectivity index (χ3n) is 1.99. The van der Waals surface area contributed by atoms with Crippen LogP contribution in [0.2, 0.25) is 0 Å². The lowest BCUT2D eigenvalue weighted by Crippen LogP contribution is -1.99. The zero-order chi connectivity index (χ0) is 9.97. The van der Waals surface area contributed by atoms with Crippen molar-refractivity contribution in [1.82, 2.24) is 10.2 Å². The minimum atomic E-state index is 0.882. The Hall–Kier alpha value is -1.16. The lowest BCUT2D eigenvalue weighted by molar-refractivity contribution is 1.06. The summed E-state index contributed by atoms with van der Waals surface area (Å²) in [5, 5.41) is 12.4. The normalized spacial score (nSPS) is 10.4. The van der Waals surface area contributed by atoms with Crippen molar-refractivity contribution in [1.29, 1.82) is 0 Å². The number of aromatic nitrogens is 2. The number of nitrogens with zero attached hydrogens (tertiary/aromatic N) is 2. The molecule has 1 aromatic carbocycles. The first kappa shape index (κ1) is 9.40. The summed E-state index contributed by atoms with van der Waals surface area (Å²) < 4.78 is 0.974. The highest BCUT2D eigenvalue weighted by atomic mass is 79.9. The van der Waals surface area contributed by atoms with Crippen molar-refractivity contribution in [2.75, 3.05) is 11.9 Å². The molecule has 0 fully saturated rings. The predicted molar refractivity (Wildman–Crippen MR) is 61.4 cm³/mol. The minimum Gasteiger partial charge on any atom is -0.383 e. The van der Waals surface area contributed by atoms with Crippen molar-refractivity contribution in [3.05, 3.63) is 28.9 Å². The number of benzene rings is 1. The van der Waals surface area contributed by atoms with Gasteiger partial charge >= 0.3 is 0 Å². The Balaban J connectivity index is 2.68. The van der Waals surface area contributed by atoms with Crippen molar-refractivity contribution in [2.45, 2.75) is 6.92 Å². The molecule has 2 rings (SSSR count). The predicted octanol–water partition coefficient (Wildman–Crippen LogP) is 2.82. The summed E-state index contributed by atoms with van der Waals surface area (Å²) in [6, 6.07) is 5.99. The van der Waals surface area contributed by atoms with Gasteiger partial charge in [-0.3, -0.25) is 0 Å². The second kappa shape index (κ2) is 3.92. The molecule has 2 aromatic rings. The molecule has 0 radical (unpaired) electrons. The molecule has 1 heterocycles. The molecule has 0 saturated heterocycles. The SMILES string of the molecule is CCNc1cnnc2c(Br)cccc12. The second-order valence-corrected chi connectivity index (χ2v) is 3.78. The van der Waals surface area contributed by atoms with Gasteiger partial charge in [-0.1, -0.05) is 12.1 Å². The van der Waals surface area contributed by atoms with E-state index in [4.69, 9.17) is 0 Å². The van der Waals surface area contributed by atoms with E-state index in [1.807, 2.05) is 18.2 Å². The Morgan fingerprint density at radius 3 is 3.07 bits per heavy atom. The van der Waals surface area contributed by atoms with Gasteiger partial charge < -0.3 is 5.32 Å². The molecule has 0 saturated carbocycles. The van der Waals surface area contributed by atoms with Crippen LogP contribution in [0, 0.1) is 0 Å². The van der Waals surface area contributed by atoms with E-state index >= 15 is 0 Å². The molecule has 1 aromatic heterocycles. The van der Waals surface area contributed by atoms with Crippen LogP contribution in [-0.2, 0) is 0 Å². The molecule has 0 atom stereocenters. The van der Waals surface area contributed by atoms with Crippen LogP contribution in [0.25, 0.3) is 10.9 Å². The number of nitrogens with one attached hydrogen (secondary N) is 1. The molecular weight excluding hydrogens is 242 g/mol. The van der Waals surface area contributed by atoms with Crippen LogP contribution in [0.1, 0.15) is 6.92 Å². The molecule has 0 unspecified atom stereocenters. The smallest absolute Gasteiger partial charge is 0.109 e. The maximum Gasteiger partial charge on any atom is 0.109 e. The first-order chi connectivity index (χ1) is 6.83. The van der Waals surface area contributed by atoms with Gasteiger partial charge in [0.15, 0.2) is 0 Å². The molecular formula is C10H10BrN3. The molecule has 14 heavy (non-hydrogen) atoms. The fourth-order valence-electron chi connectivity index (χ4n) is 1.38. The Morgan fingerprint density at radius 1 is 1.43 bits per heavy atom. The quantitative estimate of drug-likeness (QED) is 0.892. The van der Waals surface area contributed by atoms with E-state index in [2.05, 4.69) is 38.4 Å². The van der Waals surface area contributed by atoms with E-state index in [1.165, 1.54) is 0 Å². The third-order valence-corrected chi connectivity index (χ3v) is 2.63. The van der Waals surface area contributed by atoms with Crippen LogP contribution in [0.15, 0.2) is 28.9 Å². The second-order valence-electron chi connectivity index (χ2n) is 2.92. The van der Waals surface area contributed by atoms with E-state index < -0.39 is 0 Å². The third kappa shape index (κ3) is 1.57. The highest BCUT2D eigenvalue weighted by molar-refractivity contribution is 9.10. The lowest BCUT2D eigenvalue weighted by atomic mass is 10.2. The monoisotopic (exact) mass is 251 g/mol. The number of hydrogen-bond donors (Lipinski definition) is 1. The van der Waals surface area contributed by atoms with E-state index in [0.717, 1.165) is 27.6 Å². The number of anilines is 1. The maximum atomic E-state index is 4.09. The van der Waals surface area contributed by atoms with Gasteiger partial charge in [-0.2, -0.15) is 5.10 Å². The standard InChI is InChI=1S/C10H10BrN3/c1-2-12-9-6-13-14-10-7(9)4-3-5-8(10)11/h3-6H,2H2,1H3,(H,12,14). The fraction of sp³-hybridized carbons (Fsp3) is 0.200. The molecule has 0 amide bonds. The zero-order valence-electron chi connectivity index (χ0n) is 7.79. The van der Waals surface area contributed by atoms with Crippen LogP contribution in [0.4, 0.5) is 5.69 Å². The molecule has 0 aliphatic heterocycles. The van der Waals surface area contributed by atoms with Gasteiger partial charge in [0, 0.05) is 16.4 Å². The van der Waals surface area contributed by atoms with Gasteiger partial charge in [-0.25, -0.2) is 0 Å². The van der Waals surface area contributed by atoms with Crippen LogP contribution < -0.4 is 5.32 Å². The van der Waals surface area contributed by atoms with Crippen molar-refractivity contribution in [3.63, 3.8) is 0 Å². The number of rotatable bonds is 2. The van der Waals surface area contributed by atoms with Crippen molar-refractivity contribution < 1.29 is 0 Å². The summed E-state index contributed by atoms with van der Waals surface area (Å²) in [5.41, 5.74) is 1.92. The van der Waals surface area contributed by atoms with Gasteiger partial charge in [0.05, 0.1) is 11.9 Å². The Bertz CT molecular complexity index is 456. The van der Waals surface area contributed by atoms with Gasteiger partial charge in [0.1, 0.15) is 5.52 Å². The van der Waals surface area contributed by atoms with Crippen LogP contribution in [-0.4, -0.2) is 16.7 Å². The summed E-state index contributed by atoms with van der Waals surface area (Å²) >= 11 is 3.45. The van der Waals surface area contributed by atoms with Crippen LogP contribution in [0.3, 0.4) is 0 Å². The van der Waals surface area contributed by atoms with E-state index in [0.29, 0.717) is 0 Å². The maximum absolute atomic E-state index is 4.09. The van der Waals surface area contributed by atoms with Gasteiger partial charge in [0.25, 0.3) is 0 Å². The Kier molecular flexibility index (Phi) is 2.63. The van der Waals surface area contributed by atoms with Crippen LogP contribution in [0.5, 0.6) is 0 Å². The van der Waals surface area contributed by atoms with Gasteiger partial charge in [-0.15, -0.1) is 5.10 Å². The topological polar surface area (TPSA) is 37.8 Å². The first-order valence-corrected chi connectivity index (χ1v) is 5.26. The minimum absolute atomic E-state index is 0.882. The average molecular weight is 252 g/mol. The van der Waals surface area contributed by atoms with E-state index in [1.54, 1.807) is 6.20 Å². The summed E-state index contributed by atoms with van der Waals surface area (Å²) in [7, 11) is 0. The summed E-state index contributed by atoms with van der Waals surface area (Å²) in [5.74, 6) is 0. The van der Waals surface area contributed by atoms with Gasteiger partial charge in [-0.05, 0) is 28.9 Å². The lowest BCUT2D eigenvalue weighted by Gasteiger charge is -2.06. The molecule has 0 aliphatic rings. The molecule has 0 bridgehead atoms. The number of hydrogen-bond acceptors (Lipinski definition) is 3. The molecule has 4 heteroatoms. The summed E-state index contributed by atoms with van der Waals surface area (Å²) in [6.07, 6.45) is 1.75. The molecule has 1 N–H and O–H groups in total. The highest BCUT2D eigenvalue weighted by Crippen LogP contribution is 2.26. The molecule has 0 spiro atoms. The van der Waals surface area contributed by atoms with E-state index in [-0.39, 0.29) is 0 Å². The molecule has 72 valence electrons. The van der Waals surface area contributed by atoms with Gasteiger partial charge in [0.2, 0.25) is 0 Å². The summed E-state index contributed by atoms with van der Waals surface area (Å²) in [4.78, 5) is 0. The fourth-order valence-corrected chi connectivity index (χ4v) is 1.83. The Morgan fingerprint density at radius 2 is 2.29 bits per heavy atom. The van der Waals surface area contributed by atoms with Crippen molar-refractivity contribution in [3.8, 4) is 0 Å². The van der Waals surface area contributed by atoms with Crippen molar-refractivity contribution >= 4 is 32.5 Å². The molecule has 3 nitrogen and oxygen atoms in total.